The zero-order chi connectivity index (χ0) is 48.9. The molecule has 0 unspecified atom stereocenters. The molecular formula is C64H70BN3O. The summed E-state index contributed by atoms with van der Waals surface area (Å²) in [5, 5.41) is 2.30. The van der Waals surface area contributed by atoms with E-state index in [1.165, 1.54) is 56.0 Å². The summed E-state index contributed by atoms with van der Waals surface area (Å²) < 4.78 is 6.19. The third-order valence-electron chi connectivity index (χ3n) is 12.6. The molecule has 0 bridgehead atoms. The Morgan fingerprint density at radius 3 is 2.07 bits per heavy atom. The van der Waals surface area contributed by atoms with E-state index in [0.29, 0.717) is 0 Å². The van der Waals surface area contributed by atoms with E-state index in [2.05, 4.69) is 224 Å². The number of nitrogens with zero attached hydrogens (tertiary/aromatic N) is 3. The van der Waals surface area contributed by atoms with Crippen molar-refractivity contribution in [2.75, 3.05) is 14.7 Å². The lowest BCUT2D eigenvalue weighted by atomic mass is 9.32. The Labute approximate surface area is 413 Å². The van der Waals surface area contributed by atoms with E-state index in [-0.39, 0.29) is 6.71 Å². The Morgan fingerprint density at radius 1 is 0.652 bits per heavy atom. The monoisotopic (exact) mass is 908 g/mol. The van der Waals surface area contributed by atoms with Gasteiger partial charge in [0.25, 0.3) is 6.71 Å². The van der Waals surface area contributed by atoms with Crippen LogP contribution in [0.2, 0.25) is 0 Å². The summed E-state index contributed by atoms with van der Waals surface area (Å²) in [7, 11) is 0. The van der Waals surface area contributed by atoms with Gasteiger partial charge in [-0.2, -0.15) is 0 Å². The average molecular weight is 908 g/mol. The molecule has 5 heteroatoms. The van der Waals surface area contributed by atoms with Crippen LogP contribution < -0.4 is 25.6 Å². The van der Waals surface area contributed by atoms with Gasteiger partial charge < -0.3 is 19.1 Å². The van der Waals surface area contributed by atoms with Gasteiger partial charge >= 0.3 is 0 Å². The van der Waals surface area contributed by atoms with Crippen LogP contribution in [0, 0.1) is 0 Å². The van der Waals surface area contributed by atoms with Crippen molar-refractivity contribution in [2.24, 2.45) is 0 Å². The Hall–Kier alpha value is -7.24. The van der Waals surface area contributed by atoms with Crippen LogP contribution in [-0.2, 0) is 0 Å². The van der Waals surface area contributed by atoms with Gasteiger partial charge in [0.15, 0.2) is 0 Å². The summed E-state index contributed by atoms with van der Waals surface area (Å²) in [5.74, 6) is 0. The number of allylic oxidation sites excluding steroid dienone is 11. The molecule has 69 heavy (non-hydrogen) atoms. The topological polar surface area (TPSA) is 22.9 Å². The molecule has 0 amide bonds. The number of furan rings is 1. The van der Waals surface area contributed by atoms with Gasteiger partial charge in [-0.05, 0) is 133 Å². The molecule has 6 aromatic carbocycles. The number of para-hydroxylation sites is 4. The normalized spacial score (nSPS) is 14.7. The molecule has 3 aliphatic rings. The van der Waals surface area contributed by atoms with Crippen molar-refractivity contribution in [3.63, 3.8) is 0 Å². The highest BCUT2D eigenvalue weighted by molar-refractivity contribution is 6.94. The Kier molecular flexibility index (Phi) is 17.0. The molecule has 0 atom stereocenters. The Bertz CT molecular complexity index is 3070. The number of hydrogen-bond acceptors (Lipinski definition) is 4. The lowest BCUT2D eigenvalue weighted by Crippen LogP contribution is -2.56. The SMILES string of the molecule is C/C=C\C(=C/CC)N(c1ccccc1)c1ccc2c(c1)N(c1ccccc1)C(C)=C1B2c2ccccc2N(C2=CCC=C(c3ccc4oc5ccccc5c4c3)C=C2)/C1=C/CCC.CC.CC.CC. The molecule has 2 aliphatic heterocycles. The zero-order valence-electron chi connectivity index (χ0n) is 42.6. The highest BCUT2D eigenvalue weighted by Crippen LogP contribution is 2.45. The molecule has 0 spiro atoms. The van der Waals surface area contributed by atoms with Gasteiger partial charge in [-0.1, -0.05) is 183 Å². The first-order valence-electron chi connectivity index (χ1n) is 25.6. The van der Waals surface area contributed by atoms with Crippen molar-refractivity contribution in [1.82, 2.24) is 0 Å². The van der Waals surface area contributed by atoms with E-state index in [9.17, 15) is 0 Å². The third-order valence-corrected chi connectivity index (χ3v) is 12.6. The van der Waals surface area contributed by atoms with E-state index in [1.54, 1.807) is 0 Å². The molecule has 0 saturated carbocycles. The first kappa shape index (κ1) is 49.7. The predicted molar refractivity (Wildman–Crippen MR) is 304 cm³/mol. The molecule has 0 N–H and O–H groups in total. The maximum Gasteiger partial charge on any atom is 0.251 e. The number of anilines is 5. The van der Waals surface area contributed by atoms with E-state index in [0.717, 1.165) is 70.4 Å². The van der Waals surface area contributed by atoms with Gasteiger partial charge in [-0.25, -0.2) is 0 Å². The Balaban J connectivity index is 0.00000113. The fourth-order valence-electron chi connectivity index (χ4n) is 9.83. The van der Waals surface area contributed by atoms with Gasteiger partial charge in [0.2, 0.25) is 0 Å². The summed E-state index contributed by atoms with van der Waals surface area (Å²) >= 11 is 0. The van der Waals surface area contributed by atoms with Crippen LogP contribution in [0.3, 0.4) is 0 Å². The van der Waals surface area contributed by atoms with Gasteiger partial charge in [0.05, 0.1) is 0 Å². The van der Waals surface area contributed by atoms with E-state index < -0.39 is 0 Å². The number of benzene rings is 6. The minimum absolute atomic E-state index is 0.0384. The van der Waals surface area contributed by atoms with Crippen molar-refractivity contribution < 1.29 is 4.42 Å². The Morgan fingerprint density at radius 2 is 1.33 bits per heavy atom. The van der Waals surface area contributed by atoms with Crippen molar-refractivity contribution in [2.45, 2.75) is 94.9 Å². The molecule has 10 rings (SSSR count). The molecule has 0 radical (unpaired) electrons. The average Bonchev–Trinajstić information content (AvgIpc) is 3.61. The molecule has 4 nitrogen and oxygen atoms in total. The lowest BCUT2D eigenvalue weighted by molar-refractivity contribution is 0.669. The molecular weight excluding hydrogens is 838 g/mol. The van der Waals surface area contributed by atoms with E-state index in [1.807, 2.05) is 53.7 Å². The second-order valence-electron chi connectivity index (χ2n) is 16.5. The minimum Gasteiger partial charge on any atom is -0.456 e. The van der Waals surface area contributed by atoms with Gasteiger partial charge in [-0.15, -0.1) is 0 Å². The van der Waals surface area contributed by atoms with Crippen molar-refractivity contribution in [3.8, 4) is 0 Å². The largest absolute Gasteiger partial charge is 0.456 e. The molecule has 0 saturated heterocycles. The van der Waals surface area contributed by atoms with Gasteiger partial charge in [-0.3, -0.25) is 0 Å². The quantitative estimate of drug-likeness (QED) is 0.101. The maximum absolute atomic E-state index is 6.19. The van der Waals surface area contributed by atoms with Crippen LogP contribution in [0.15, 0.2) is 227 Å². The van der Waals surface area contributed by atoms with Crippen LogP contribution in [0.4, 0.5) is 28.4 Å². The summed E-state index contributed by atoms with van der Waals surface area (Å²) in [6, 6.07) is 52.8. The first-order chi connectivity index (χ1) is 34.1. The van der Waals surface area contributed by atoms with Crippen molar-refractivity contribution in [3.05, 3.63) is 228 Å². The van der Waals surface area contributed by atoms with Crippen LogP contribution >= 0.6 is 0 Å². The fraction of sp³-hybridized carbons (Fsp3) is 0.219. The molecule has 1 aromatic heterocycles. The number of unbranched alkanes of at least 4 members (excludes halogenated alkanes) is 1. The zero-order valence-corrected chi connectivity index (χ0v) is 42.6. The number of hydrogen-bond donors (Lipinski definition) is 0. The smallest absolute Gasteiger partial charge is 0.251 e. The minimum atomic E-state index is 0.0384. The molecule has 0 fully saturated rings. The van der Waals surface area contributed by atoms with E-state index in [4.69, 9.17) is 4.42 Å². The number of rotatable bonds is 10. The second kappa shape index (κ2) is 23.7. The van der Waals surface area contributed by atoms with Crippen LogP contribution in [-0.4, -0.2) is 6.71 Å². The molecule has 1 aliphatic carbocycles. The van der Waals surface area contributed by atoms with Crippen LogP contribution in [0.25, 0.3) is 27.5 Å². The maximum atomic E-state index is 6.19. The lowest BCUT2D eigenvalue weighted by Gasteiger charge is -2.46. The van der Waals surface area contributed by atoms with Crippen molar-refractivity contribution >= 4 is 73.6 Å². The first-order valence-corrected chi connectivity index (χ1v) is 25.6. The van der Waals surface area contributed by atoms with Crippen LogP contribution in [0.1, 0.15) is 100 Å². The number of fused-ring (bicyclic) bond motifs is 8. The van der Waals surface area contributed by atoms with E-state index >= 15 is 0 Å². The molecule has 3 heterocycles. The molecule has 350 valence electrons. The highest BCUT2D eigenvalue weighted by Gasteiger charge is 2.44. The predicted octanol–water partition coefficient (Wildman–Crippen LogP) is 17.7. The second-order valence-corrected chi connectivity index (χ2v) is 16.5. The highest BCUT2D eigenvalue weighted by atomic mass is 16.3. The molecule has 7 aromatic rings. The standard InChI is InChI=1S/C58H52BN3O.3C2H6/c1-5-8-30-54-58-41(4)60(45-23-11-9-12-24-45)55-40-48(61(44(20-6-2)21-7-3)46-25-13-10-14-26-46)36-37-52(55)59(58)51-29-16-17-31-53(51)62(54)47-27-19-22-42(33-35-47)43-34-38-57-50(39-43)49-28-15-18-32-56(49)63-57;3*1-2/h6,9-18,20-40H,5,7-8,19H2,1-4H3;3*1-2H3/b20-6-,44-21+,54-30+;;;. The van der Waals surface area contributed by atoms with Gasteiger partial charge in [0.1, 0.15) is 11.2 Å². The van der Waals surface area contributed by atoms with Crippen LogP contribution in [0.5, 0.6) is 0 Å². The van der Waals surface area contributed by atoms with Gasteiger partial charge in [0, 0.05) is 62.0 Å². The summed E-state index contributed by atoms with van der Waals surface area (Å²) in [5.41, 5.74) is 18.8. The summed E-state index contributed by atoms with van der Waals surface area (Å²) in [6.07, 6.45) is 22.3. The summed E-state index contributed by atoms with van der Waals surface area (Å²) in [6.45, 7) is 21.0. The van der Waals surface area contributed by atoms with Crippen molar-refractivity contribution in [1.29, 1.82) is 0 Å². The fourth-order valence-corrected chi connectivity index (χ4v) is 9.83. The summed E-state index contributed by atoms with van der Waals surface area (Å²) in [4.78, 5) is 7.44. The third kappa shape index (κ3) is 9.88.